The third-order valence-electron chi connectivity index (χ3n) is 3.98. The molecule has 0 aliphatic heterocycles. The molecule has 0 bridgehead atoms. The van der Waals surface area contributed by atoms with E-state index in [-0.39, 0.29) is 23.7 Å². The molecule has 0 atom stereocenters. The second-order valence-corrected chi connectivity index (χ2v) is 6.87. The van der Waals surface area contributed by atoms with Crippen LogP contribution in [0.5, 0.6) is 17.4 Å². The number of aromatic nitrogens is 4. The number of carbonyl (C=O) groups excluding carboxylic acids is 1. The summed E-state index contributed by atoms with van der Waals surface area (Å²) < 4.78 is 19.3. The average Bonchev–Trinajstić information content (AvgIpc) is 3.09. The summed E-state index contributed by atoms with van der Waals surface area (Å²) in [4.78, 5) is 24.2. The molecule has 0 aliphatic carbocycles. The van der Waals surface area contributed by atoms with Crippen LogP contribution in [0.4, 0.5) is 0 Å². The lowest BCUT2D eigenvalue weighted by molar-refractivity contribution is 0.0516. The van der Waals surface area contributed by atoms with Crippen molar-refractivity contribution in [1.82, 2.24) is 19.6 Å². The van der Waals surface area contributed by atoms with Gasteiger partial charge in [0.05, 0.1) is 24.7 Å². The van der Waals surface area contributed by atoms with Crippen molar-refractivity contribution >= 4 is 21.9 Å². The first-order valence-electron chi connectivity index (χ1n) is 8.70. The van der Waals surface area contributed by atoms with Gasteiger partial charge < -0.3 is 18.8 Å². The SMILES string of the molecule is CCOC(=O)c1nnn(Cc2ccc(OC)cc2)c1Oc1cc(Br)c(=O)n(C)c1. The van der Waals surface area contributed by atoms with E-state index in [9.17, 15) is 9.59 Å². The molecule has 0 fully saturated rings. The lowest BCUT2D eigenvalue weighted by Crippen LogP contribution is -2.17. The fourth-order valence-electron chi connectivity index (χ4n) is 2.55. The molecule has 0 N–H and O–H groups in total. The number of hydrogen-bond donors (Lipinski definition) is 0. The summed E-state index contributed by atoms with van der Waals surface area (Å²) in [7, 11) is 3.19. The minimum absolute atomic E-state index is 0.0506. The van der Waals surface area contributed by atoms with Gasteiger partial charge in [-0.25, -0.2) is 9.48 Å². The van der Waals surface area contributed by atoms with Crippen molar-refractivity contribution in [3.05, 3.63) is 62.6 Å². The maximum absolute atomic E-state index is 12.3. The van der Waals surface area contributed by atoms with Crippen LogP contribution in [0.25, 0.3) is 0 Å². The van der Waals surface area contributed by atoms with E-state index in [4.69, 9.17) is 14.2 Å². The minimum atomic E-state index is -0.646. The lowest BCUT2D eigenvalue weighted by Gasteiger charge is -2.11. The Morgan fingerprint density at radius 2 is 1.93 bits per heavy atom. The van der Waals surface area contributed by atoms with E-state index in [2.05, 4.69) is 26.2 Å². The summed E-state index contributed by atoms with van der Waals surface area (Å²) in [6, 6.07) is 8.91. The second-order valence-electron chi connectivity index (χ2n) is 6.01. The number of esters is 1. The van der Waals surface area contributed by atoms with Crippen LogP contribution in [-0.4, -0.2) is 39.2 Å². The van der Waals surface area contributed by atoms with Crippen LogP contribution < -0.4 is 15.0 Å². The third-order valence-corrected chi connectivity index (χ3v) is 4.55. The molecule has 9 nitrogen and oxygen atoms in total. The summed E-state index contributed by atoms with van der Waals surface area (Å²) in [5.74, 6) is 0.533. The van der Waals surface area contributed by atoms with Gasteiger partial charge in [-0.1, -0.05) is 17.3 Å². The molecule has 2 aromatic heterocycles. The number of carbonyl (C=O) groups is 1. The molecule has 0 spiro atoms. The van der Waals surface area contributed by atoms with Crippen LogP contribution in [0.1, 0.15) is 23.0 Å². The Labute approximate surface area is 174 Å². The molecule has 1 aromatic carbocycles. The largest absolute Gasteiger partial charge is 0.497 e. The number of rotatable bonds is 7. The lowest BCUT2D eigenvalue weighted by atomic mass is 10.2. The van der Waals surface area contributed by atoms with Crippen LogP contribution >= 0.6 is 15.9 Å². The number of hydrogen-bond acceptors (Lipinski definition) is 7. The normalized spacial score (nSPS) is 10.6. The van der Waals surface area contributed by atoms with Gasteiger partial charge in [0.2, 0.25) is 5.69 Å². The zero-order valence-corrected chi connectivity index (χ0v) is 17.7. The molecular formula is C19H19BrN4O5. The van der Waals surface area contributed by atoms with E-state index < -0.39 is 5.97 Å². The fraction of sp³-hybridized carbons (Fsp3) is 0.263. The van der Waals surface area contributed by atoms with Crippen molar-refractivity contribution in [2.24, 2.45) is 7.05 Å². The number of nitrogens with zero attached hydrogens (tertiary/aromatic N) is 4. The summed E-state index contributed by atoms with van der Waals surface area (Å²) in [5.41, 5.74) is 0.635. The van der Waals surface area contributed by atoms with E-state index in [1.165, 1.54) is 21.5 Å². The van der Waals surface area contributed by atoms with Gasteiger partial charge >= 0.3 is 5.97 Å². The van der Waals surface area contributed by atoms with Gasteiger partial charge in [-0.2, -0.15) is 0 Å². The van der Waals surface area contributed by atoms with E-state index in [1.54, 1.807) is 21.1 Å². The topological polar surface area (TPSA) is 97.5 Å². The Balaban J connectivity index is 1.98. The molecule has 0 radical (unpaired) electrons. The quantitative estimate of drug-likeness (QED) is 0.497. The summed E-state index contributed by atoms with van der Waals surface area (Å²) in [6.07, 6.45) is 1.51. The molecule has 10 heteroatoms. The van der Waals surface area contributed by atoms with Gasteiger partial charge in [-0.15, -0.1) is 5.10 Å². The Kier molecular flexibility index (Phi) is 6.32. The fourth-order valence-corrected chi connectivity index (χ4v) is 3.05. The predicted molar refractivity (Wildman–Crippen MR) is 108 cm³/mol. The highest BCUT2D eigenvalue weighted by atomic mass is 79.9. The van der Waals surface area contributed by atoms with E-state index in [0.717, 1.165) is 11.3 Å². The molecular weight excluding hydrogens is 444 g/mol. The first-order chi connectivity index (χ1) is 13.9. The predicted octanol–water partition coefficient (Wildman–Crippen LogP) is 2.77. The van der Waals surface area contributed by atoms with Crippen molar-refractivity contribution in [2.45, 2.75) is 13.5 Å². The Hall–Kier alpha value is -3.14. The number of methoxy groups -OCH3 is 1. The zero-order chi connectivity index (χ0) is 21.0. The molecule has 0 amide bonds. The van der Waals surface area contributed by atoms with Crippen LogP contribution in [0.2, 0.25) is 0 Å². The van der Waals surface area contributed by atoms with Crippen LogP contribution in [0.3, 0.4) is 0 Å². The van der Waals surface area contributed by atoms with Crippen LogP contribution in [0, 0.1) is 0 Å². The van der Waals surface area contributed by atoms with Gasteiger partial charge in [0.1, 0.15) is 11.5 Å². The first-order valence-corrected chi connectivity index (χ1v) is 9.49. The second kappa shape index (κ2) is 8.91. The molecule has 0 saturated carbocycles. The number of aryl methyl sites for hydroxylation is 1. The van der Waals surface area contributed by atoms with Crippen molar-refractivity contribution in [1.29, 1.82) is 0 Å². The van der Waals surface area contributed by atoms with E-state index >= 15 is 0 Å². The maximum Gasteiger partial charge on any atom is 0.364 e. The highest BCUT2D eigenvalue weighted by Crippen LogP contribution is 2.26. The number of ether oxygens (including phenoxy) is 3. The number of pyridine rings is 1. The van der Waals surface area contributed by atoms with Crippen molar-refractivity contribution in [3.63, 3.8) is 0 Å². The average molecular weight is 463 g/mol. The van der Waals surface area contributed by atoms with E-state index in [1.807, 2.05) is 24.3 Å². The van der Waals surface area contributed by atoms with Gasteiger partial charge in [0.25, 0.3) is 11.4 Å². The molecule has 29 heavy (non-hydrogen) atoms. The van der Waals surface area contributed by atoms with Gasteiger partial charge in [0.15, 0.2) is 0 Å². The number of halogens is 1. The van der Waals surface area contributed by atoms with Crippen molar-refractivity contribution in [3.8, 4) is 17.4 Å². The maximum atomic E-state index is 12.3. The monoisotopic (exact) mass is 462 g/mol. The zero-order valence-electron chi connectivity index (χ0n) is 16.1. The van der Waals surface area contributed by atoms with Crippen molar-refractivity contribution in [2.75, 3.05) is 13.7 Å². The standard InChI is InChI=1S/C19H19BrN4O5/c1-4-28-19(26)16-18(29-14-9-15(20)17(25)23(2)11-14)24(22-21-16)10-12-5-7-13(27-3)8-6-12/h5-9,11H,4,10H2,1-3H3. The van der Waals surface area contributed by atoms with Crippen molar-refractivity contribution < 1.29 is 19.0 Å². The number of benzene rings is 1. The molecule has 0 saturated heterocycles. The molecule has 0 aliphatic rings. The Morgan fingerprint density at radius 1 is 1.21 bits per heavy atom. The summed E-state index contributed by atoms with van der Waals surface area (Å²) >= 11 is 3.20. The first kappa shape index (κ1) is 20.6. The van der Waals surface area contributed by atoms with Crippen LogP contribution in [-0.2, 0) is 18.3 Å². The molecule has 2 heterocycles. The minimum Gasteiger partial charge on any atom is -0.497 e. The smallest absolute Gasteiger partial charge is 0.364 e. The summed E-state index contributed by atoms with van der Waals surface area (Å²) in [5, 5.41) is 7.98. The van der Waals surface area contributed by atoms with Crippen LogP contribution in [0.15, 0.2) is 45.8 Å². The Morgan fingerprint density at radius 3 is 2.55 bits per heavy atom. The van der Waals surface area contributed by atoms with Gasteiger partial charge in [-0.3, -0.25) is 4.79 Å². The molecule has 3 aromatic rings. The van der Waals surface area contributed by atoms with E-state index in [0.29, 0.717) is 16.8 Å². The third kappa shape index (κ3) is 4.65. The van der Waals surface area contributed by atoms with Gasteiger partial charge in [0, 0.05) is 19.3 Å². The van der Waals surface area contributed by atoms with Gasteiger partial charge in [-0.05, 0) is 40.5 Å². The highest BCUT2D eigenvalue weighted by molar-refractivity contribution is 9.10. The Bertz CT molecular complexity index is 1050. The molecule has 3 rings (SSSR count). The molecule has 0 unspecified atom stereocenters. The summed E-state index contributed by atoms with van der Waals surface area (Å²) in [6.45, 7) is 2.19. The molecule has 152 valence electrons. The highest BCUT2D eigenvalue weighted by Gasteiger charge is 2.24.